The van der Waals surface area contributed by atoms with Crippen molar-refractivity contribution in [1.82, 2.24) is 19.8 Å². The molecule has 142 valence electrons. The molecule has 4 amide bonds. The molecular weight excluding hydrogens is 366 g/mol. The highest BCUT2D eigenvalue weighted by atomic mass is 32.1. The molecule has 2 unspecified atom stereocenters. The molecule has 0 saturated carbocycles. The fourth-order valence-corrected chi connectivity index (χ4v) is 4.94. The van der Waals surface area contributed by atoms with Gasteiger partial charge in [-0.15, -0.1) is 11.3 Å². The van der Waals surface area contributed by atoms with Crippen molar-refractivity contribution >= 4 is 39.3 Å². The van der Waals surface area contributed by atoms with Crippen molar-refractivity contribution in [3.8, 4) is 0 Å². The molecule has 2 atom stereocenters. The van der Waals surface area contributed by atoms with Crippen LogP contribution < -0.4 is 5.73 Å². The zero-order chi connectivity index (χ0) is 19.3. The maximum Gasteiger partial charge on any atom is 0.331 e. The molecule has 2 aliphatic rings. The lowest BCUT2D eigenvalue weighted by molar-refractivity contribution is -0.186. The molecule has 0 aliphatic carbocycles. The van der Waals surface area contributed by atoms with Gasteiger partial charge in [0.25, 0.3) is 0 Å². The first-order chi connectivity index (χ1) is 12.9. The average molecular weight is 387 g/mol. The summed E-state index contributed by atoms with van der Waals surface area (Å²) in [6, 6.07) is 7.04. The number of primary amides is 1. The molecule has 0 radical (unpaired) electrons. The Labute approximate surface area is 160 Å². The predicted molar refractivity (Wildman–Crippen MR) is 101 cm³/mol. The monoisotopic (exact) mass is 387 g/mol. The van der Waals surface area contributed by atoms with Crippen LogP contribution in [0.2, 0.25) is 0 Å². The largest absolute Gasteiger partial charge is 0.350 e. The van der Waals surface area contributed by atoms with Crippen molar-refractivity contribution in [2.24, 2.45) is 5.73 Å². The first-order valence-electron chi connectivity index (χ1n) is 8.72. The van der Waals surface area contributed by atoms with Crippen LogP contribution in [0.1, 0.15) is 12.5 Å². The van der Waals surface area contributed by atoms with E-state index < -0.39 is 12.2 Å². The van der Waals surface area contributed by atoms with Gasteiger partial charge in [0.1, 0.15) is 12.7 Å². The van der Waals surface area contributed by atoms with Crippen molar-refractivity contribution in [3.05, 3.63) is 35.2 Å². The smallest absolute Gasteiger partial charge is 0.331 e. The molecule has 1 aromatic heterocycles. The van der Waals surface area contributed by atoms with E-state index in [1.165, 1.54) is 14.9 Å². The Morgan fingerprint density at radius 1 is 1.22 bits per heavy atom. The summed E-state index contributed by atoms with van der Waals surface area (Å²) in [6.45, 7) is 2.26. The zero-order valence-corrected chi connectivity index (χ0v) is 16.0. The number of fused-ring (bicyclic) bond motifs is 2. The summed E-state index contributed by atoms with van der Waals surface area (Å²) in [5, 5.41) is 6.07. The normalized spacial score (nSPS) is 23.9. The number of rotatable bonds is 2. The van der Waals surface area contributed by atoms with Crippen LogP contribution in [0.3, 0.4) is 0 Å². The van der Waals surface area contributed by atoms with Crippen LogP contribution in [-0.2, 0) is 16.1 Å². The van der Waals surface area contributed by atoms with Gasteiger partial charge in [0.2, 0.25) is 11.8 Å². The van der Waals surface area contributed by atoms with Crippen molar-refractivity contribution in [2.45, 2.75) is 25.7 Å². The molecule has 0 bridgehead atoms. The Hall–Kier alpha value is -2.65. The van der Waals surface area contributed by atoms with E-state index in [1.54, 1.807) is 23.3 Å². The Morgan fingerprint density at radius 3 is 2.70 bits per heavy atom. The molecule has 2 saturated heterocycles. The molecule has 2 N–H and O–H groups in total. The van der Waals surface area contributed by atoms with Gasteiger partial charge in [0.05, 0.1) is 12.6 Å². The lowest BCUT2D eigenvalue weighted by Gasteiger charge is -2.54. The SMILES string of the molecule is CC1C2N(CC(=O)N1Cc1csc3ccccc13)C(=O)CN(C)N2C(N)=O. The maximum atomic E-state index is 12.8. The van der Waals surface area contributed by atoms with Gasteiger partial charge in [-0.25, -0.2) is 14.8 Å². The van der Waals surface area contributed by atoms with Crippen LogP contribution in [0.4, 0.5) is 4.79 Å². The van der Waals surface area contributed by atoms with Crippen molar-refractivity contribution in [1.29, 1.82) is 0 Å². The number of hydrogen-bond acceptors (Lipinski definition) is 5. The maximum absolute atomic E-state index is 12.8. The lowest BCUT2D eigenvalue weighted by Crippen LogP contribution is -2.75. The van der Waals surface area contributed by atoms with E-state index in [4.69, 9.17) is 5.73 Å². The summed E-state index contributed by atoms with van der Waals surface area (Å²) in [7, 11) is 1.65. The topological polar surface area (TPSA) is 90.2 Å². The second-order valence-electron chi connectivity index (χ2n) is 6.95. The van der Waals surface area contributed by atoms with Gasteiger partial charge in [-0.05, 0) is 29.3 Å². The second-order valence-corrected chi connectivity index (χ2v) is 7.86. The first kappa shape index (κ1) is 17.7. The van der Waals surface area contributed by atoms with Gasteiger partial charge in [-0.2, -0.15) is 0 Å². The van der Waals surface area contributed by atoms with Crippen molar-refractivity contribution < 1.29 is 14.4 Å². The van der Waals surface area contributed by atoms with Crippen molar-refractivity contribution in [3.63, 3.8) is 0 Å². The van der Waals surface area contributed by atoms with Crippen LogP contribution in [0.25, 0.3) is 10.1 Å². The highest BCUT2D eigenvalue weighted by Crippen LogP contribution is 2.31. The highest BCUT2D eigenvalue weighted by Gasteiger charge is 2.49. The summed E-state index contributed by atoms with van der Waals surface area (Å²) in [5.74, 6) is -0.308. The number of nitrogens with two attached hydrogens (primary N) is 1. The second kappa shape index (κ2) is 6.50. The molecule has 3 heterocycles. The molecule has 2 fully saturated rings. The number of benzene rings is 1. The number of carbonyl (C=O) groups excluding carboxylic acids is 3. The average Bonchev–Trinajstić information content (AvgIpc) is 3.02. The predicted octanol–water partition coefficient (Wildman–Crippen LogP) is 1.03. The Bertz CT molecular complexity index is 929. The quantitative estimate of drug-likeness (QED) is 0.833. The minimum absolute atomic E-state index is 0.0224. The third-order valence-corrected chi connectivity index (χ3v) is 6.31. The summed E-state index contributed by atoms with van der Waals surface area (Å²) in [5.41, 5.74) is 6.63. The summed E-state index contributed by atoms with van der Waals surface area (Å²) in [4.78, 5) is 40.5. The first-order valence-corrected chi connectivity index (χ1v) is 9.60. The van der Waals surface area contributed by atoms with E-state index in [9.17, 15) is 14.4 Å². The van der Waals surface area contributed by atoms with E-state index in [2.05, 4.69) is 11.4 Å². The Morgan fingerprint density at radius 2 is 1.96 bits per heavy atom. The van der Waals surface area contributed by atoms with E-state index in [-0.39, 0.29) is 30.9 Å². The molecule has 2 aromatic rings. The van der Waals surface area contributed by atoms with Crippen LogP contribution in [-0.4, -0.2) is 70.0 Å². The van der Waals surface area contributed by atoms with Gasteiger partial charge in [0, 0.05) is 18.3 Å². The lowest BCUT2D eigenvalue weighted by atomic mass is 10.0. The van der Waals surface area contributed by atoms with Crippen LogP contribution in [0, 0.1) is 0 Å². The third kappa shape index (κ3) is 2.83. The van der Waals surface area contributed by atoms with Gasteiger partial charge >= 0.3 is 6.03 Å². The minimum atomic E-state index is -0.637. The number of hydrazine groups is 1. The van der Waals surface area contributed by atoms with Gasteiger partial charge < -0.3 is 15.5 Å². The minimum Gasteiger partial charge on any atom is -0.350 e. The molecule has 8 nitrogen and oxygen atoms in total. The van der Waals surface area contributed by atoms with E-state index in [0.29, 0.717) is 6.54 Å². The Kier molecular flexibility index (Phi) is 4.27. The molecular formula is C18H21N5O3S. The number of urea groups is 1. The summed E-state index contributed by atoms with van der Waals surface area (Å²) < 4.78 is 1.16. The van der Waals surface area contributed by atoms with Crippen LogP contribution in [0.5, 0.6) is 0 Å². The van der Waals surface area contributed by atoms with Crippen molar-refractivity contribution in [2.75, 3.05) is 20.1 Å². The molecule has 9 heteroatoms. The molecule has 1 aromatic carbocycles. The molecule has 27 heavy (non-hydrogen) atoms. The number of thiophene rings is 1. The molecule has 2 aliphatic heterocycles. The number of piperazine rings is 1. The van der Waals surface area contributed by atoms with Gasteiger partial charge in [-0.3, -0.25) is 9.59 Å². The number of amides is 4. The van der Waals surface area contributed by atoms with Crippen LogP contribution >= 0.6 is 11.3 Å². The number of hydrogen-bond donors (Lipinski definition) is 1. The zero-order valence-electron chi connectivity index (χ0n) is 15.2. The standard InChI is InChI=1S/C18H21N5O3S/c1-11-17-22(15(24)8-20(2)23(17)18(19)26)9-16(25)21(11)7-12-10-27-14-6-4-3-5-13(12)14/h3-6,10-11,17H,7-9H2,1-2H3,(H2,19,26). The third-order valence-electron chi connectivity index (χ3n) is 5.30. The summed E-state index contributed by atoms with van der Waals surface area (Å²) >= 11 is 1.64. The van der Waals surface area contributed by atoms with E-state index in [1.807, 2.05) is 25.1 Å². The van der Waals surface area contributed by atoms with E-state index >= 15 is 0 Å². The van der Waals surface area contributed by atoms with Gasteiger partial charge in [0.15, 0.2) is 0 Å². The number of nitrogens with zero attached hydrogens (tertiary/aromatic N) is 4. The fraction of sp³-hybridized carbons (Fsp3) is 0.389. The molecule has 0 spiro atoms. The van der Waals surface area contributed by atoms with E-state index in [0.717, 1.165) is 15.6 Å². The highest BCUT2D eigenvalue weighted by molar-refractivity contribution is 7.17. The van der Waals surface area contributed by atoms with Gasteiger partial charge in [-0.1, -0.05) is 18.2 Å². The Balaban J connectivity index is 1.67. The summed E-state index contributed by atoms with van der Waals surface area (Å²) in [6.07, 6.45) is -0.601. The molecule has 4 rings (SSSR count). The fourth-order valence-electron chi connectivity index (χ4n) is 3.98. The number of carbonyl (C=O) groups is 3. The van der Waals surface area contributed by atoms with Crippen LogP contribution in [0.15, 0.2) is 29.6 Å². The number of likely N-dealkylation sites (N-methyl/N-ethyl adjacent to an activating group) is 1.